The number of nitriles is 1. The number of nitrogens with one attached hydrogen (secondary N) is 2. The van der Waals surface area contributed by atoms with Crippen LogP contribution in [0.25, 0.3) is 0 Å². The van der Waals surface area contributed by atoms with Crippen LogP contribution in [0.5, 0.6) is 0 Å². The molecular weight excluding hydrogens is 485 g/mol. The zero-order chi connectivity index (χ0) is 24.1. The van der Waals surface area contributed by atoms with Gasteiger partial charge in [0.25, 0.3) is 0 Å². The number of benzene rings is 1. The second-order valence-electron chi connectivity index (χ2n) is 8.13. The standard InChI is InChI=1S/C21H25BrFN5O4/c1-6-31-18(29)25-13-7-8-15(23)14(9-13)21(5,27-19(30)32-20(2,3)4)12-28-11-16(22)26-17(28)10-24/h7-9,11H,6,12H2,1-5H3,(H,25,29)(H,27,30)/t21-/m0/s1. The minimum atomic E-state index is -1.38. The third-order valence-electron chi connectivity index (χ3n) is 4.19. The van der Waals surface area contributed by atoms with Crippen LogP contribution in [0.2, 0.25) is 0 Å². The van der Waals surface area contributed by atoms with Crippen molar-refractivity contribution in [2.45, 2.75) is 52.3 Å². The average molecular weight is 510 g/mol. The SMILES string of the molecule is CCOC(=O)Nc1ccc(F)c([C@](C)(Cn2cc(Br)nc2C#N)NC(=O)OC(C)(C)C)c1. The number of nitrogens with zero attached hydrogens (tertiary/aromatic N) is 3. The third kappa shape index (κ3) is 6.68. The van der Waals surface area contributed by atoms with Gasteiger partial charge in [-0.1, -0.05) is 0 Å². The first-order valence-electron chi connectivity index (χ1n) is 9.74. The van der Waals surface area contributed by atoms with Crippen LogP contribution in [0.4, 0.5) is 19.7 Å². The largest absolute Gasteiger partial charge is 0.450 e. The minimum absolute atomic E-state index is 0.0481. The van der Waals surface area contributed by atoms with Gasteiger partial charge in [0.15, 0.2) is 0 Å². The van der Waals surface area contributed by atoms with Gasteiger partial charge >= 0.3 is 12.2 Å². The van der Waals surface area contributed by atoms with E-state index in [9.17, 15) is 19.2 Å². The second-order valence-corrected chi connectivity index (χ2v) is 8.94. The highest BCUT2D eigenvalue weighted by atomic mass is 79.9. The Kier molecular flexibility index (Phi) is 7.85. The molecule has 0 fully saturated rings. The number of imidazole rings is 1. The van der Waals surface area contributed by atoms with E-state index < -0.39 is 29.1 Å². The van der Waals surface area contributed by atoms with E-state index in [0.29, 0.717) is 4.60 Å². The van der Waals surface area contributed by atoms with Gasteiger partial charge in [-0.25, -0.2) is 19.0 Å². The van der Waals surface area contributed by atoms with Crippen LogP contribution < -0.4 is 10.6 Å². The second kappa shape index (κ2) is 9.99. The van der Waals surface area contributed by atoms with Crippen LogP contribution >= 0.6 is 15.9 Å². The number of amides is 2. The number of halogens is 2. The van der Waals surface area contributed by atoms with Crippen molar-refractivity contribution in [2.75, 3.05) is 11.9 Å². The first kappa shape index (κ1) is 25.1. The summed E-state index contributed by atoms with van der Waals surface area (Å²) in [5, 5.41) is 14.6. The Balaban J connectivity index is 2.51. The van der Waals surface area contributed by atoms with E-state index in [1.807, 2.05) is 6.07 Å². The highest BCUT2D eigenvalue weighted by Crippen LogP contribution is 2.30. The molecule has 11 heteroatoms. The molecule has 172 valence electrons. The van der Waals surface area contributed by atoms with Gasteiger partial charge in [0, 0.05) is 17.4 Å². The number of hydrogen-bond acceptors (Lipinski definition) is 6. The topological polar surface area (TPSA) is 118 Å². The van der Waals surface area contributed by atoms with Crippen LogP contribution in [0.1, 0.15) is 46.0 Å². The minimum Gasteiger partial charge on any atom is -0.450 e. The number of hydrogen-bond donors (Lipinski definition) is 2. The maximum atomic E-state index is 15.0. The maximum absolute atomic E-state index is 15.0. The van der Waals surface area contributed by atoms with Crippen molar-refractivity contribution in [1.29, 1.82) is 5.26 Å². The quantitative estimate of drug-likeness (QED) is 0.584. The molecule has 2 aromatic rings. The molecule has 0 saturated carbocycles. The van der Waals surface area contributed by atoms with Crippen molar-refractivity contribution in [3.05, 3.63) is 46.2 Å². The number of ether oxygens (including phenoxy) is 2. The summed E-state index contributed by atoms with van der Waals surface area (Å²) in [6.07, 6.45) is 0.0738. The Morgan fingerprint density at radius 2 is 1.97 bits per heavy atom. The number of carbonyl (C=O) groups is 2. The Bertz CT molecular complexity index is 1040. The maximum Gasteiger partial charge on any atom is 0.411 e. The van der Waals surface area contributed by atoms with Crippen molar-refractivity contribution in [2.24, 2.45) is 0 Å². The van der Waals surface area contributed by atoms with E-state index in [-0.39, 0.29) is 30.2 Å². The van der Waals surface area contributed by atoms with Crippen molar-refractivity contribution in [3.8, 4) is 6.07 Å². The Morgan fingerprint density at radius 1 is 1.28 bits per heavy atom. The molecule has 0 aliphatic heterocycles. The predicted molar refractivity (Wildman–Crippen MR) is 118 cm³/mol. The summed E-state index contributed by atoms with van der Waals surface area (Å²) in [6.45, 7) is 8.48. The van der Waals surface area contributed by atoms with Crippen LogP contribution in [0, 0.1) is 17.1 Å². The summed E-state index contributed by atoms with van der Waals surface area (Å²) in [5.74, 6) is -0.564. The molecule has 2 N–H and O–H groups in total. The molecule has 0 spiro atoms. The van der Waals surface area contributed by atoms with Crippen molar-refractivity contribution >= 4 is 33.8 Å². The fraction of sp³-hybridized carbons (Fsp3) is 0.429. The summed E-state index contributed by atoms with van der Waals surface area (Å²) in [5.41, 5.74) is -1.84. The molecular formula is C21H25BrFN5O4. The molecule has 1 aromatic heterocycles. The van der Waals surface area contributed by atoms with Gasteiger partial charge in [-0.2, -0.15) is 5.26 Å². The first-order chi connectivity index (χ1) is 14.9. The third-order valence-corrected chi connectivity index (χ3v) is 4.58. The van der Waals surface area contributed by atoms with Crippen LogP contribution in [0.15, 0.2) is 29.0 Å². The fourth-order valence-corrected chi connectivity index (χ4v) is 3.38. The number of anilines is 1. The van der Waals surface area contributed by atoms with Crippen LogP contribution in [-0.2, 0) is 21.6 Å². The fourth-order valence-electron chi connectivity index (χ4n) is 2.97. The molecule has 0 aliphatic carbocycles. The van der Waals surface area contributed by atoms with Gasteiger partial charge in [-0.15, -0.1) is 0 Å². The van der Waals surface area contributed by atoms with Gasteiger partial charge in [0.1, 0.15) is 22.1 Å². The van der Waals surface area contributed by atoms with E-state index in [1.165, 1.54) is 22.8 Å². The molecule has 0 unspecified atom stereocenters. The zero-order valence-corrected chi connectivity index (χ0v) is 20.0. The molecule has 9 nitrogen and oxygen atoms in total. The van der Waals surface area contributed by atoms with Crippen LogP contribution in [-0.4, -0.2) is 33.9 Å². The number of aromatic nitrogens is 2. The lowest BCUT2D eigenvalue weighted by atomic mass is 9.90. The zero-order valence-electron chi connectivity index (χ0n) is 18.5. The molecule has 0 aliphatic rings. The molecule has 0 saturated heterocycles. The Labute approximate surface area is 194 Å². The lowest BCUT2D eigenvalue weighted by molar-refractivity contribution is 0.0448. The monoisotopic (exact) mass is 509 g/mol. The lowest BCUT2D eigenvalue weighted by Crippen LogP contribution is -2.49. The molecule has 0 radical (unpaired) electrons. The summed E-state index contributed by atoms with van der Waals surface area (Å²) >= 11 is 3.22. The highest BCUT2D eigenvalue weighted by Gasteiger charge is 2.35. The Morgan fingerprint density at radius 3 is 2.56 bits per heavy atom. The van der Waals surface area contributed by atoms with Crippen molar-refractivity contribution < 1.29 is 23.5 Å². The Hall–Kier alpha value is -3.13. The van der Waals surface area contributed by atoms with Gasteiger partial charge in [-0.3, -0.25) is 5.32 Å². The van der Waals surface area contributed by atoms with Crippen molar-refractivity contribution in [3.63, 3.8) is 0 Å². The van der Waals surface area contributed by atoms with Gasteiger partial charge in [-0.05, 0) is 68.7 Å². The molecule has 1 aromatic carbocycles. The normalized spacial score (nSPS) is 12.9. The molecule has 1 heterocycles. The molecule has 2 rings (SSSR count). The van der Waals surface area contributed by atoms with E-state index in [0.717, 1.165) is 0 Å². The molecule has 0 bridgehead atoms. The summed E-state index contributed by atoms with van der Waals surface area (Å²) in [4.78, 5) is 28.5. The van der Waals surface area contributed by atoms with Crippen molar-refractivity contribution in [1.82, 2.24) is 14.9 Å². The summed E-state index contributed by atoms with van der Waals surface area (Å²) < 4.78 is 27.1. The predicted octanol–water partition coefficient (Wildman–Crippen LogP) is 4.66. The average Bonchev–Trinajstić information content (AvgIpc) is 3.00. The molecule has 2 amide bonds. The summed E-state index contributed by atoms with van der Waals surface area (Å²) in [7, 11) is 0. The lowest BCUT2D eigenvalue weighted by Gasteiger charge is -2.33. The van der Waals surface area contributed by atoms with E-state index in [2.05, 4.69) is 31.5 Å². The van der Waals surface area contributed by atoms with Crippen LogP contribution in [0.3, 0.4) is 0 Å². The van der Waals surface area contributed by atoms with E-state index in [1.54, 1.807) is 40.8 Å². The smallest absolute Gasteiger partial charge is 0.411 e. The summed E-state index contributed by atoms with van der Waals surface area (Å²) in [6, 6.07) is 5.89. The van der Waals surface area contributed by atoms with E-state index >= 15 is 0 Å². The molecule has 32 heavy (non-hydrogen) atoms. The van der Waals surface area contributed by atoms with Gasteiger partial charge in [0.05, 0.1) is 18.7 Å². The number of carbonyl (C=O) groups excluding carboxylic acids is 2. The van der Waals surface area contributed by atoms with Gasteiger partial charge < -0.3 is 19.4 Å². The first-order valence-corrected chi connectivity index (χ1v) is 10.5. The van der Waals surface area contributed by atoms with Gasteiger partial charge in [0.2, 0.25) is 5.82 Å². The highest BCUT2D eigenvalue weighted by molar-refractivity contribution is 9.10. The number of alkyl carbamates (subject to hydrolysis) is 1. The number of rotatable bonds is 6. The molecule has 1 atom stereocenters. The van der Waals surface area contributed by atoms with E-state index in [4.69, 9.17) is 9.47 Å².